The standard InChI is InChI=1S/C13H24N2O3/c1-4-5-13(6-7-13)9-14-8-11(12(17)18-3)15-10(2)16/h11,14H,4-9H2,1-3H3,(H,15,16). The van der Waals surface area contributed by atoms with Gasteiger partial charge in [0.15, 0.2) is 0 Å². The molecule has 1 unspecified atom stereocenters. The summed E-state index contributed by atoms with van der Waals surface area (Å²) in [4.78, 5) is 22.5. The average Bonchev–Trinajstić information content (AvgIpc) is 3.07. The second-order valence-electron chi connectivity index (χ2n) is 5.16. The molecule has 1 rings (SSSR count). The van der Waals surface area contributed by atoms with Crippen LogP contribution in [0, 0.1) is 5.41 Å². The van der Waals surface area contributed by atoms with Crippen molar-refractivity contribution < 1.29 is 14.3 Å². The van der Waals surface area contributed by atoms with Gasteiger partial charge in [-0.2, -0.15) is 0 Å². The zero-order valence-electron chi connectivity index (χ0n) is 11.5. The van der Waals surface area contributed by atoms with Gasteiger partial charge in [0.05, 0.1) is 7.11 Å². The third-order valence-corrected chi connectivity index (χ3v) is 3.45. The number of carbonyl (C=O) groups excluding carboxylic acids is 2. The molecule has 1 aliphatic rings. The van der Waals surface area contributed by atoms with Crippen LogP contribution in [-0.4, -0.2) is 38.1 Å². The SMILES string of the molecule is CCCC1(CNCC(NC(C)=O)C(=O)OC)CC1. The molecule has 1 aliphatic carbocycles. The van der Waals surface area contributed by atoms with Gasteiger partial charge in [-0.3, -0.25) is 4.79 Å². The number of esters is 1. The van der Waals surface area contributed by atoms with E-state index in [0.29, 0.717) is 12.0 Å². The van der Waals surface area contributed by atoms with E-state index in [0.717, 1.165) is 6.54 Å². The Labute approximate surface area is 109 Å². The molecule has 104 valence electrons. The predicted molar refractivity (Wildman–Crippen MR) is 69.1 cm³/mol. The fourth-order valence-corrected chi connectivity index (χ4v) is 2.28. The number of hydrogen-bond acceptors (Lipinski definition) is 4. The fourth-order valence-electron chi connectivity index (χ4n) is 2.28. The van der Waals surface area contributed by atoms with Gasteiger partial charge < -0.3 is 15.4 Å². The number of hydrogen-bond donors (Lipinski definition) is 2. The molecule has 5 nitrogen and oxygen atoms in total. The van der Waals surface area contributed by atoms with E-state index >= 15 is 0 Å². The minimum absolute atomic E-state index is 0.220. The maximum atomic E-state index is 11.5. The molecule has 0 aromatic rings. The first-order chi connectivity index (χ1) is 8.53. The van der Waals surface area contributed by atoms with Gasteiger partial charge >= 0.3 is 5.97 Å². The summed E-state index contributed by atoms with van der Waals surface area (Å²) >= 11 is 0. The molecule has 0 heterocycles. The largest absolute Gasteiger partial charge is 0.467 e. The lowest BCUT2D eigenvalue weighted by atomic mass is 10.0. The van der Waals surface area contributed by atoms with Crippen LogP contribution in [-0.2, 0) is 14.3 Å². The summed E-state index contributed by atoms with van der Waals surface area (Å²) in [6.07, 6.45) is 4.94. The zero-order chi connectivity index (χ0) is 13.6. The van der Waals surface area contributed by atoms with Crippen molar-refractivity contribution in [3.8, 4) is 0 Å². The first-order valence-electron chi connectivity index (χ1n) is 6.58. The number of methoxy groups -OCH3 is 1. The Morgan fingerprint density at radius 3 is 2.50 bits per heavy atom. The molecule has 0 radical (unpaired) electrons. The molecule has 0 aromatic heterocycles. The van der Waals surface area contributed by atoms with Crippen LogP contribution in [0.4, 0.5) is 0 Å². The van der Waals surface area contributed by atoms with E-state index in [2.05, 4.69) is 22.3 Å². The van der Waals surface area contributed by atoms with Gasteiger partial charge in [-0.25, -0.2) is 4.79 Å². The minimum atomic E-state index is -0.593. The quantitative estimate of drug-likeness (QED) is 0.631. The van der Waals surface area contributed by atoms with E-state index in [4.69, 9.17) is 0 Å². The van der Waals surface area contributed by atoms with Crippen molar-refractivity contribution in [1.29, 1.82) is 0 Å². The zero-order valence-corrected chi connectivity index (χ0v) is 11.5. The van der Waals surface area contributed by atoms with Crippen molar-refractivity contribution in [3.05, 3.63) is 0 Å². The van der Waals surface area contributed by atoms with E-state index in [9.17, 15) is 9.59 Å². The minimum Gasteiger partial charge on any atom is -0.467 e. The first kappa shape index (κ1) is 15.0. The van der Waals surface area contributed by atoms with Crippen LogP contribution in [0.3, 0.4) is 0 Å². The summed E-state index contributed by atoms with van der Waals surface area (Å²) in [7, 11) is 1.33. The highest BCUT2D eigenvalue weighted by atomic mass is 16.5. The maximum absolute atomic E-state index is 11.5. The van der Waals surface area contributed by atoms with Gasteiger partial charge in [-0.15, -0.1) is 0 Å². The van der Waals surface area contributed by atoms with E-state index in [-0.39, 0.29) is 5.91 Å². The molecule has 1 fully saturated rings. The summed E-state index contributed by atoms with van der Waals surface area (Å²) in [6.45, 7) is 4.93. The molecule has 5 heteroatoms. The molecular weight excluding hydrogens is 232 g/mol. The Bertz CT molecular complexity index is 301. The number of ether oxygens (including phenoxy) is 1. The van der Waals surface area contributed by atoms with Crippen molar-refractivity contribution in [2.75, 3.05) is 20.2 Å². The highest BCUT2D eigenvalue weighted by Crippen LogP contribution is 2.48. The van der Waals surface area contributed by atoms with Crippen molar-refractivity contribution in [2.45, 2.75) is 45.6 Å². The summed E-state index contributed by atoms with van der Waals surface area (Å²) < 4.78 is 4.67. The maximum Gasteiger partial charge on any atom is 0.329 e. The molecule has 18 heavy (non-hydrogen) atoms. The molecule has 1 saturated carbocycles. The topological polar surface area (TPSA) is 67.4 Å². The molecular formula is C13H24N2O3. The number of nitrogens with one attached hydrogen (secondary N) is 2. The lowest BCUT2D eigenvalue weighted by Crippen LogP contribution is -2.48. The van der Waals surface area contributed by atoms with Gasteiger partial charge in [0.25, 0.3) is 0 Å². The van der Waals surface area contributed by atoms with Crippen LogP contribution in [0.2, 0.25) is 0 Å². The Morgan fingerprint density at radius 1 is 1.39 bits per heavy atom. The fraction of sp³-hybridized carbons (Fsp3) is 0.846. The van der Waals surface area contributed by atoms with E-state index < -0.39 is 12.0 Å². The van der Waals surface area contributed by atoms with E-state index in [1.807, 2.05) is 0 Å². The monoisotopic (exact) mass is 256 g/mol. The second-order valence-corrected chi connectivity index (χ2v) is 5.16. The lowest BCUT2D eigenvalue weighted by molar-refractivity contribution is -0.144. The molecule has 0 bridgehead atoms. The molecule has 0 saturated heterocycles. The normalized spacial score (nSPS) is 17.9. The molecule has 1 amide bonds. The van der Waals surface area contributed by atoms with Crippen LogP contribution < -0.4 is 10.6 Å². The highest BCUT2D eigenvalue weighted by Gasteiger charge is 2.41. The van der Waals surface area contributed by atoms with Gasteiger partial charge in [-0.05, 0) is 24.7 Å². The first-order valence-corrected chi connectivity index (χ1v) is 6.58. The third kappa shape index (κ3) is 4.64. The predicted octanol–water partition coefficient (Wildman–Crippen LogP) is 0.834. The van der Waals surface area contributed by atoms with Crippen LogP contribution in [0.25, 0.3) is 0 Å². The Hall–Kier alpha value is -1.10. The van der Waals surface area contributed by atoms with Gasteiger partial charge in [0.1, 0.15) is 6.04 Å². The number of carbonyl (C=O) groups is 2. The van der Waals surface area contributed by atoms with Crippen molar-refractivity contribution >= 4 is 11.9 Å². The summed E-state index contributed by atoms with van der Waals surface area (Å²) in [5.41, 5.74) is 0.436. The summed E-state index contributed by atoms with van der Waals surface area (Å²) in [5, 5.41) is 5.87. The molecule has 2 N–H and O–H groups in total. The van der Waals surface area contributed by atoms with Gasteiger partial charge in [0, 0.05) is 20.0 Å². The third-order valence-electron chi connectivity index (χ3n) is 3.45. The lowest BCUT2D eigenvalue weighted by Gasteiger charge is -2.19. The van der Waals surface area contributed by atoms with E-state index in [1.165, 1.54) is 39.7 Å². The average molecular weight is 256 g/mol. The molecule has 1 atom stereocenters. The number of amides is 1. The van der Waals surface area contributed by atoms with Crippen LogP contribution in [0.5, 0.6) is 0 Å². The Balaban J connectivity index is 2.33. The summed E-state index contributed by atoms with van der Waals surface area (Å²) in [5.74, 6) is -0.625. The van der Waals surface area contributed by atoms with Crippen LogP contribution in [0.15, 0.2) is 0 Å². The van der Waals surface area contributed by atoms with Crippen molar-refractivity contribution in [3.63, 3.8) is 0 Å². The number of rotatable bonds is 8. The van der Waals surface area contributed by atoms with Gasteiger partial charge in [-0.1, -0.05) is 13.3 Å². The van der Waals surface area contributed by atoms with E-state index in [1.54, 1.807) is 0 Å². The molecule has 0 aromatic carbocycles. The Morgan fingerprint density at radius 2 is 2.06 bits per heavy atom. The Kier molecular flexibility index (Phi) is 5.59. The molecule has 0 spiro atoms. The smallest absolute Gasteiger partial charge is 0.329 e. The van der Waals surface area contributed by atoms with Crippen molar-refractivity contribution in [2.24, 2.45) is 5.41 Å². The second kappa shape index (κ2) is 6.73. The highest BCUT2D eigenvalue weighted by molar-refractivity contribution is 5.83. The van der Waals surface area contributed by atoms with Crippen LogP contribution in [0.1, 0.15) is 39.5 Å². The van der Waals surface area contributed by atoms with Crippen molar-refractivity contribution in [1.82, 2.24) is 10.6 Å². The van der Waals surface area contributed by atoms with Crippen LogP contribution >= 0.6 is 0 Å². The molecule has 0 aliphatic heterocycles. The summed E-state index contributed by atoms with van der Waals surface area (Å²) in [6, 6.07) is -0.593. The van der Waals surface area contributed by atoms with Gasteiger partial charge in [0.2, 0.25) is 5.91 Å².